The van der Waals surface area contributed by atoms with Crippen LogP contribution in [-0.2, 0) is 11.2 Å². The number of hydrogen-bond donors (Lipinski definition) is 1. The number of halogens is 2. The molecule has 0 fully saturated rings. The molecule has 0 aliphatic heterocycles. The van der Waals surface area contributed by atoms with E-state index in [4.69, 9.17) is 15.7 Å². The van der Waals surface area contributed by atoms with Crippen LogP contribution < -0.4 is 5.73 Å². The smallest absolute Gasteiger partial charge is 0.261 e. The van der Waals surface area contributed by atoms with Crippen molar-refractivity contribution in [2.24, 2.45) is 0 Å². The van der Waals surface area contributed by atoms with Crippen LogP contribution in [0.25, 0.3) is 0 Å². The van der Waals surface area contributed by atoms with Gasteiger partial charge in [0.15, 0.2) is 0 Å². The molecule has 0 unspecified atom stereocenters. The maximum atomic E-state index is 11.8. The first-order chi connectivity index (χ1) is 8.04. The number of hydrogen-bond acceptors (Lipinski definition) is 5. The molecule has 2 N–H and O–H groups in total. The fourth-order valence-corrected chi connectivity index (χ4v) is 1.24. The van der Waals surface area contributed by atoms with Gasteiger partial charge in [-0.1, -0.05) is 0 Å². The fourth-order valence-electron chi connectivity index (χ4n) is 1.24. The summed E-state index contributed by atoms with van der Waals surface area (Å²) >= 11 is 0. The summed E-state index contributed by atoms with van der Waals surface area (Å²) in [4.78, 5) is 7.94. The average molecular weight is 242 g/mol. The van der Waals surface area contributed by atoms with Gasteiger partial charge in [-0.05, 0) is 6.92 Å². The van der Waals surface area contributed by atoms with Crippen molar-refractivity contribution in [2.75, 3.05) is 18.9 Å². The number of nitriles is 1. The minimum Gasteiger partial charge on any atom is -0.382 e. The quantitative estimate of drug-likeness (QED) is 0.780. The summed E-state index contributed by atoms with van der Waals surface area (Å²) in [6.45, 7) is 1.12. The maximum Gasteiger partial charge on any atom is 0.261 e. The van der Waals surface area contributed by atoms with Crippen molar-refractivity contribution in [1.29, 1.82) is 5.26 Å². The number of aryl methyl sites for hydroxylation is 1. The molecule has 92 valence electrons. The summed E-state index contributed by atoms with van der Waals surface area (Å²) in [5.41, 5.74) is 6.26. The second kappa shape index (κ2) is 6.06. The van der Waals surface area contributed by atoms with Crippen molar-refractivity contribution >= 4 is 5.82 Å². The summed E-state index contributed by atoms with van der Waals surface area (Å²) in [5.74, 6) is 0.483. The summed E-state index contributed by atoms with van der Waals surface area (Å²) in [6, 6.07) is 1.89. The van der Waals surface area contributed by atoms with Crippen molar-refractivity contribution in [3.8, 4) is 6.07 Å². The number of nitrogens with two attached hydrogens (primary N) is 1. The molecule has 1 rings (SSSR count). The Balaban J connectivity index is 2.59. The van der Waals surface area contributed by atoms with Crippen LogP contribution in [0.3, 0.4) is 0 Å². The third-order valence-electron chi connectivity index (χ3n) is 1.99. The highest BCUT2D eigenvalue weighted by atomic mass is 19.3. The Bertz CT molecular complexity index is 408. The Hall–Kier alpha value is -1.81. The van der Waals surface area contributed by atoms with Crippen LogP contribution >= 0.6 is 0 Å². The molecular formula is C10H12F2N4O. The molecule has 0 aliphatic rings. The van der Waals surface area contributed by atoms with Crippen molar-refractivity contribution in [3.05, 3.63) is 17.1 Å². The lowest BCUT2D eigenvalue weighted by Gasteiger charge is -2.06. The second-order valence-electron chi connectivity index (χ2n) is 3.31. The minimum absolute atomic E-state index is 0.0924. The number of rotatable bonds is 5. The molecule has 0 bridgehead atoms. The predicted octanol–water partition coefficient (Wildman–Crippen LogP) is 1.06. The number of nitrogens with zero attached hydrogens (tertiary/aromatic N) is 3. The van der Waals surface area contributed by atoms with Crippen LogP contribution in [0.5, 0.6) is 0 Å². The van der Waals surface area contributed by atoms with E-state index in [9.17, 15) is 8.78 Å². The molecule has 0 saturated carbocycles. The van der Waals surface area contributed by atoms with Gasteiger partial charge in [-0.25, -0.2) is 18.7 Å². The zero-order chi connectivity index (χ0) is 12.8. The fraction of sp³-hybridized carbons (Fsp3) is 0.500. The zero-order valence-corrected chi connectivity index (χ0v) is 9.28. The first-order valence-corrected chi connectivity index (χ1v) is 4.93. The number of aromatic nitrogens is 2. The highest BCUT2D eigenvalue weighted by molar-refractivity contribution is 5.50. The number of ether oxygens (including phenoxy) is 1. The van der Waals surface area contributed by atoms with E-state index in [0.29, 0.717) is 11.5 Å². The van der Waals surface area contributed by atoms with Crippen LogP contribution in [0.15, 0.2) is 0 Å². The lowest BCUT2D eigenvalue weighted by atomic mass is 10.2. The van der Waals surface area contributed by atoms with Gasteiger partial charge in [-0.15, -0.1) is 0 Å². The first kappa shape index (κ1) is 13.3. The number of nitrogen functional groups attached to an aromatic ring is 1. The van der Waals surface area contributed by atoms with E-state index in [0.717, 1.165) is 0 Å². The van der Waals surface area contributed by atoms with Crippen LogP contribution in [0.4, 0.5) is 14.6 Å². The van der Waals surface area contributed by atoms with Gasteiger partial charge < -0.3 is 10.5 Å². The van der Waals surface area contributed by atoms with E-state index >= 15 is 0 Å². The summed E-state index contributed by atoms with van der Waals surface area (Å²) in [7, 11) is 0. The van der Waals surface area contributed by atoms with E-state index in [1.54, 1.807) is 6.92 Å². The van der Waals surface area contributed by atoms with Crippen LogP contribution in [-0.4, -0.2) is 29.6 Å². The Morgan fingerprint density at radius 2 is 2.18 bits per heavy atom. The molecule has 0 radical (unpaired) electrons. The lowest BCUT2D eigenvalue weighted by molar-refractivity contribution is 0.0183. The Morgan fingerprint density at radius 3 is 2.71 bits per heavy atom. The molecule has 7 heteroatoms. The standard InChI is InChI=1S/C10H12F2N4O/c1-6-7(4-13)10(14)16-9(15-6)2-3-17-5-8(11)12/h8H,2-3,5H2,1H3,(H2,14,15,16). The van der Waals surface area contributed by atoms with Crippen molar-refractivity contribution in [3.63, 3.8) is 0 Å². The maximum absolute atomic E-state index is 11.8. The summed E-state index contributed by atoms with van der Waals surface area (Å²) in [5, 5.41) is 8.75. The van der Waals surface area contributed by atoms with Gasteiger partial charge in [0.25, 0.3) is 6.43 Å². The molecule has 17 heavy (non-hydrogen) atoms. The van der Waals surface area contributed by atoms with Gasteiger partial charge >= 0.3 is 0 Å². The van der Waals surface area contributed by atoms with E-state index in [-0.39, 0.29) is 24.4 Å². The highest BCUT2D eigenvalue weighted by Gasteiger charge is 2.09. The number of anilines is 1. The third-order valence-corrected chi connectivity index (χ3v) is 1.99. The van der Waals surface area contributed by atoms with E-state index in [1.165, 1.54) is 0 Å². The monoisotopic (exact) mass is 242 g/mol. The number of alkyl halides is 2. The normalized spacial score (nSPS) is 10.5. The Kier molecular flexibility index (Phi) is 4.72. The van der Waals surface area contributed by atoms with Crippen LogP contribution in [0.1, 0.15) is 17.1 Å². The molecule has 1 aromatic rings. The van der Waals surface area contributed by atoms with Gasteiger partial charge in [-0.2, -0.15) is 5.26 Å². The third kappa shape index (κ3) is 3.92. The molecular weight excluding hydrogens is 230 g/mol. The van der Waals surface area contributed by atoms with Gasteiger partial charge in [0.05, 0.1) is 12.3 Å². The molecule has 0 aromatic carbocycles. The molecule has 0 atom stereocenters. The molecule has 0 aliphatic carbocycles. The van der Waals surface area contributed by atoms with Gasteiger partial charge in [-0.3, -0.25) is 0 Å². The van der Waals surface area contributed by atoms with Crippen molar-refractivity contribution in [1.82, 2.24) is 9.97 Å². The summed E-state index contributed by atoms with van der Waals surface area (Å²) < 4.78 is 28.2. The Labute approximate surface area is 97.2 Å². The Morgan fingerprint density at radius 1 is 1.47 bits per heavy atom. The van der Waals surface area contributed by atoms with Crippen LogP contribution in [0.2, 0.25) is 0 Å². The molecule has 0 saturated heterocycles. The average Bonchev–Trinajstić information content (AvgIpc) is 2.24. The molecule has 0 amide bonds. The highest BCUT2D eigenvalue weighted by Crippen LogP contribution is 2.11. The molecule has 0 spiro atoms. The topological polar surface area (TPSA) is 84.8 Å². The van der Waals surface area contributed by atoms with Crippen molar-refractivity contribution < 1.29 is 13.5 Å². The predicted molar refractivity (Wildman–Crippen MR) is 56.4 cm³/mol. The van der Waals surface area contributed by atoms with Crippen LogP contribution in [0, 0.1) is 18.3 Å². The largest absolute Gasteiger partial charge is 0.382 e. The molecule has 1 heterocycles. The second-order valence-corrected chi connectivity index (χ2v) is 3.31. The van der Waals surface area contributed by atoms with E-state index in [1.807, 2.05) is 6.07 Å². The van der Waals surface area contributed by atoms with Gasteiger partial charge in [0.2, 0.25) is 0 Å². The van der Waals surface area contributed by atoms with Crippen molar-refractivity contribution in [2.45, 2.75) is 19.8 Å². The minimum atomic E-state index is -2.48. The summed E-state index contributed by atoms with van der Waals surface area (Å²) in [6.07, 6.45) is -2.20. The SMILES string of the molecule is Cc1nc(CCOCC(F)F)nc(N)c1C#N. The lowest BCUT2D eigenvalue weighted by Crippen LogP contribution is -2.11. The van der Waals surface area contributed by atoms with Gasteiger partial charge in [0, 0.05) is 6.42 Å². The molecule has 5 nitrogen and oxygen atoms in total. The molecule has 1 aromatic heterocycles. The first-order valence-electron chi connectivity index (χ1n) is 4.93. The van der Waals surface area contributed by atoms with E-state index < -0.39 is 13.0 Å². The van der Waals surface area contributed by atoms with E-state index in [2.05, 4.69) is 9.97 Å². The zero-order valence-electron chi connectivity index (χ0n) is 9.28. The van der Waals surface area contributed by atoms with Gasteiger partial charge in [0.1, 0.15) is 29.9 Å².